The number of carbonyl (C=O) groups excluding carboxylic acids is 1. The highest BCUT2D eigenvalue weighted by atomic mass is 16.5. The van der Waals surface area contributed by atoms with Crippen LogP contribution in [0.5, 0.6) is 5.75 Å². The summed E-state index contributed by atoms with van der Waals surface area (Å²) in [5.41, 5.74) is 1.86. The van der Waals surface area contributed by atoms with E-state index in [-0.39, 0.29) is 17.9 Å². The molecule has 0 radical (unpaired) electrons. The molecule has 1 aromatic rings. The topological polar surface area (TPSA) is 58.6 Å². The molecule has 1 amide bonds. The van der Waals surface area contributed by atoms with E-state index in [1.54, 1.807) is 7.11 Å². The first-order valence-corrected chi connectivity index (χ1v) is 6.97. The van der Waals surface area contributed by atoms with E-state index in [9.17, 15) is 4.79 Å². The van der Waals surface area contributed by atoms with E-state index in [0.717, 1.165) is 5.56 Å². The summed E-state index contributed by atoms with van der Waals surface area (Å²) in [6.07, 6.45) is 1.74. The lowest BCUT2D eigenvalue weighted by Gasteiger charge is -2.21. The van der Waals surface area contributed by atoms with Crippen molar-refractivity contribution in [2.75, 3.05) is 19.0 Å². The normalized spacial score (nSPS) is 11.2. The zero-order valence-electron chi connectivity index (χ0n) is 12.8. The molecule has 0 saturated heterocycles. The number of hydrogen-bond donors (Lipinski definition) is 2. The SMILES string of the molecule is COc1ccc(C(C)(C)C)cc1NC(=O)CCCCO. The van der Waals surface area contributed by atoms with E-state index in [1.165, 1.54) is 0 Å². The molecular weight excluding hydrogens is 254 g/mol. The van der Waals surface area contributed by atoms with E-state index < -0.39 is 0 Å². The molecule has 0 aliphatic rings. The van der Waals surface area contributed by atoms with Crippen LogP contribution in [0, 0.1) is 0 Å². The second-order valence-corrected chi connectivity index (χ2v) is 5.89. The Labute approximate surface area is 121 Å². The average molecular weight is 279 g/mol. The van der Waals surface area contributed by atoms with Gasteiger partial charge in [0.15, 0.2) is 0 Å². The Kier molecular flexibility index (Phi) is 6.02. The minimum absolute atomic E-state index is 0.0165. The summed E-state index contributed by atoms with van der Waals surface area (Å²) < 4.78 is 5.28. The predicted octanol–water partition coefficient (Wildman–Crippen LogP) is 3.09. The van der Waals surface area contributed by atoms with Gasteiger partial charge in [-0.3, -0.25) is 4.79 Å². The third kappa shape index (κ3) is 4.85. The number of rotatable bonds is 6. The smallest absolute Gasteiger partial charge is 0.224 e. The maximum absolute atomic E-state index is 11.9. The van der Waals surface area contributed by atoms with E-state index >= 15 is 0 Å². The summed E-state index contributed by atoms with van der Waals surface area (Å²) in [4.78, 5) is 11.9. The zero-order chi connectivity index (χ0) is 15.2. The van der Waals surface area contributed by atoms with Crippen LogP contribution in [0.25, 0.3) is 0 Å². The number of aliphatic hydroxyl groups excluding tert-OH is 1. The largest absolute Gasteiger partial charge is 0.495 e. The first-order chi connectivity index (χ1) is 9.38. The van der Waals surface area contributed by atoms with Crippen LogP contribution in [0.15, 0.2) is 18.2 Å². The van der Waals surface area contributed by atoms with Crippen LogP contribution in [-0.2, 0) is 10.2 Å². The van der Waals surface area contributed by atoms with Gasteiger partial charge in [0.1, 0.15) is 5.75 Å². The lowest BCUT2D eigenvalue weighted by atomic mass is 9.87. The molecule has 0 saturated carbocycles. The molecule has 0 heterocycles. The number of hydrogen-bond acceptors (Lipinski definition) is 3. The Morgan fingerprint density at radius 1 is 1.30 bits per heavy atom. The van der Waals surface area contributed by atoms with Crippen LogP contribution in [0.3, 0.4) is 0 Å². The van der Waals surface area contributed by atoms with Crippen LogP contribution in [0.1, 0.15) is 45.6 Å². The Morgan fingerprint density at radius 3 is 2.55 bits per heavy atom. The third-order valence-electron chi connectivity index (χ3n) is 3.15. The van der Waals surface area contributed by atoms with Crippen molar-refractivity contribution in [3.8, 4) is 5.75 Å². The van der Waals surface area contributed by atoms with Gasteiger partial charge < -0.3 is 15.2 Å². The predicted molar refractivity (Wildman–Crippen MR) is 81.3 cm³/mol. The van der Waals surface area contributed by atoms with Gasteiger partial charge in [-0.2, -0.15) is 0 Å². The number of ether oxygens (including phenoxy) is 1. The molecular formula is C16H25NO3. The van der Waals surface area contributed by atoms with Gasteiger partial charge in [-0.1, -0.05) is 26.8 Å². The van der Waals surface area contributed by atoms with Crippen LogP contribution >= 0.6 is 0 Å². The minimum Gasteiger partial charge on any atom is -0.495 e. The molecule has 1 aromatic carbocycles. The van der Waals surface area contributed by atoms with E-state index in [0.29, 0.717) is 30.7 Å². The van der Waals surface area contributed by atoms with Crippen molar-refractivity contribution in [1.82, 2.24) is 0 Å². The summed E-state index contributed by atoms with van der Waals surface area (Å²) in [5, 5.41) is 11.6. The molecule has 20 heavy (non-hydrogen) atoms. The average Bonchev–Trinajstić information content (AvgIpc) is 2.38. The quantitative estimate of drug-likeness (QED) is 0.787. The molecule has 112 valence electrons. The number of carbonyl (C=O) groups is 1. The molecule has 0 fully saturated rings. The number of aliphatic hydroxyl groups is 1. The zero-order valence-corrected chi connectivity index (χ0v) is 12.8. The number of benzene rings is 1. The van der Waals surface area contributed by atoms with E-state index in [2.05, 4.69) is 26.1 Å². The Morgan fingerprint density at radius 2 is 2.00 bits per heavy atom. The van der Waals surface area contributed by atoms with Crippen molar-refractivity contribution in [2.24, 2.45) is 0 Å². The Balaban J connectivity index is 2.83. The number of anilines is 1. The monoisotopic (exact) mass is 279 g/mol. The summed E-state index contributed by atoms with van der Waals surface area (Å²) in [7, 11) is 1.59. The van der Waals surface area contributed by atoms with Gasteiger partial charge >= 0.3 is 0 Å². The summed E-state index contributed by atoms with van der Waals surface area (Å²) >= 11 is 0. The second kappa shape index (κ2) is 7.29. The molecule has 0 bridgehead atoms. The van der Waals surface area contributed by atoms with Gasteiger partial charge in [0.2, 0.25) is 5.91 Å². The van der Waals surface area contributed by atoms with Crippen molar-refractivity contribution in [3.63, 3.8) is 0 Å². The molecule has 0 aromatic heterocycles. The summed E-state index contributed by atoms with van der Waals surface area (Å²) in [5.74, 6) is 0.608. The Bertz CT molecular complexity index is 450. The van der Waals surface area contributed by atoms with Crippen molar-refractivity contribution in [2.45, 2.75) is 45.4 Å². The van der Waals surface area contributed by atoms with Gasteiger partial charge in [0, 0.05) is 13.0 Å². The van der Waals surface area contributed by atoms with Crippen LogP contribution in [-0.4, -0.2) is 24.7 Å². The van der Waals surface area contributed by atoms with Crippen molar-refractivity contribution in [3.05, 3.63) is 23.8 Å². The first kappa shape index (κ1) is 16.5. The van der Waals surface area contributed by atoms with Crippen LogP contribution in [0.4, 0.5) is 5.69 Å². The fourth-order valence-corrected chi connectivity index (χ4v) is 1.88. The van der Waals surface area contributed by atoms with Gasteiger partial charge in [-0.05, 0) is 36.0 Å². The lowest BCUT2D eigenvalue weighted by Crippen LogP contribution is -2.15. The standard InChI is InChI=1S/C16H25NO3/c1-16(2,3)12-8-9-14(20-4)13(11-12)17-15(19)7-5-6-10-18/h8-9,11,18H,5-7,10H2,1-4H3,(H,17,19). The number of methoxy groups -OCH3 is 1. The van der Waals surface area contributed by atoms with Gasteiger partial charge in [-0.25, -0.2) is 0 Å². The van der Waals surface area contributed by atoms with Gasteiger partial charge in [0.05, 0.1) is 12.8 Å². The Hall–Kier alpha value is -1.55. The third-order valence-corrected chi connectivity index (χ3v) is 3.15. The van der Waals surface area contributed by atoms with E-state index in [1.807, 2.05) is 18.2 Å². The highest BCUT2D eigenvalue weighted by Gasteiger charge is 2.16. The lowest BCUT2D eigenvalue weighted by molar-refractivity contribution is -0.116. The van der Waals surface area contributed by atoms with E-state index in [4.69, 9.17) is 9.84 Å². The molecule has 4 heteroatoms. The summed E-state index contributed by atoms with van der Waals surface area (Å²) in [6.45, 7) is 6.50. The molecule has 0 aliphatic carbocycles. The van der Waals surface area contributed by atoms with Crippen LogP contribution < -0.4 is 10.1 Å². The first-order valence-electron chi connectivity index (χ1n) is 6.97. The maximum Gasteiger partial charge on any atom is 0.224 e. The number of nitrogens with one attached hydrogen (secondary N) is 1. The number of amides is 1. The highest BCUT2D eigenvalue weighted by Crippen LogP contribution is 2.31. The van der Waals surface area contributed by atoms with Gasteiger partial charge in [0.25, 0.3) is 0 Å². The molecule has 0 atom stereocenters. The van der Waals surface area contributed by atoms with Crippen molar-refractivity contribution in [1.29, 1.82) is 0 Å². The molecule has 2 N–H and O–H groups in total. The molecule has 1 rings (SSSR count). The fraction of sp³-hybridized carbons (Fsp3) is 0.562. The van der Waals surface area contributed by atoms with Crippen molar-refractivity contribution < 1.29 is 14.6 Å². The van der Waals surface area contributed by atoms with Gasteiger partial charge in [-0.15, -0.1) is 0 Å². The highest BCUT2D eigenvalue weighted by molar-refractivity contribution is 5.92. The molecule has 0 aliphatic heterocycles. The van der Waals surface area contributed by atoms with Crippen molar-refractivity contribution >= 4 is 11.6 Å². The van der Waals surface area contributed by atoms with Crippen LogP contribution in [0.2, 0.25) is 0 Å². The minimum atomic E-state index is -0.0530. The molecule has 4 nitrogen and oxygen atoms in total. The summed E-state index contributed by atoms with van der Waals surface area (Å²) in [6, 6.07) is 5.85. The molecule has 0 spiro atoms. The second-order valence-electron chi connectivity index (χ2n) is 5.89. The fourth-order valence-electron chi connectivity index (χ4n) is 1.88. The number of unbranched alkanes of at least 4 members (excludes halogenated alkanes) is 1. The maximum atomic E-state index is 11.9. The molecule has 0 unspecified atom stereocenters.